The summed E-state index contributed by atoms with van der Waals surface area (Å²) in [5.41, 5.74) is 16.6. The van der Waals surface area contributed by atoms with E-state index in [1.807, 2.05) is 0 Å². The highest BCUT2D eigenvalue weighted by molar-refractivity contribution is 5.87. The molecule has 2 atom stereocenters. The van der Waals surface area contributed by atoms with E-state index in [0.717, 1.165) is 32.1 Å². The van der Waals surface area contributed by atoms with Crippen molar-refractivity contribution in [3.05, 3.63) is 81.4 Å². The van der Waals surface area contributed by atoms with Crippen molar-refractivity contribution >= 4 is 0 Å². The molecule has 1 aliphatic carbocycles. The van der Waals surface area contributed by atoms with E-state index in [9.17, 15) is 0 Å². The molecule has 4 rings (SSSR count). The number of benzene rings is 3. The lowest BCUT2D eigenvalue weighted by Gasteiger charge is -2.35. The van der Waals surface area contributed by atoms with Crippen LogP contribution in [0.1, 0.15) is 99.2 Å². The first-order valence-electron chi connectivity index (χ1n) is 12.9. The lowest BCUT2D eigenvalue weighted by Crippen LogP contribution is -2.17. The number of aryl methyl sites for hydroxylation is 5. The normalized spacial score (nSPS) is 17.2. The third kappa shape index (κ3) is 3.62. The number of rotatable bonds is 6. The molecule has 1 aliphatic rings. The van der Waals surface area contributed by atoms with Gasteiger partial charge in [-0.1, -0.05) is 90.9 Å². The molecule has 168 valence electrons. The molecular formula is C32H40. The minimum atomic E-state index is 0.505. The Morgan fingerprint density at radius 2 is 1.03 bits per heavy atom. The average molecular weight is 425 g/mol. The van der Waals surface area contributed by atoms with Crippen LogP contribution in [-0.4, -0.2) is 0 Å². The number of hydrogen-bond donors (Lipinski definition) is 0. The summed E-state index contributed by atoms with van der Waals surface area (Å²) in [5, 5.41) is 0. The van der Waals surface area contributed by atoms with Gasteiger partial charge in [0.25, 0.3) is 0 Å². The van der Waals surface area contributed by atoms with Crippen LogP contribution in [0.4, 0.5) is 0 Å². The van der Waals surface area contributed by atoms with Gasteiger partial charge in [0, 0.05) is 0 Å². The van der Waals surface area contributed by atoms with Gasteiger partial charge in [0.2, 0.25) is 0 Å². The highest BCUT2D eigenvalue weighted by Gasteiger charge is 2.32. The lowest BCUT2D eigenvalue weighted by molar-refractivity contribution is 0.615. The minimum absolute atomic E-state index is 0.505. The van der Waals surface area contributed by atoms with Crippen LogP contribution >= 0.6 is 0 Å². The van der Waals surface area contributed by atoms with Gasteiger partial charge in [0.05, 0.1) is 0 Å². The Labute approximate surface area is 196 Å². The summed E-state index contributed by atoms with van der Waals surface area (Å²) in [7, 11) is 0. The van der Waals surface area contributed by atoms with Gasteiger partial charge in [-0.3, -0.25) is 0 Å². The monoisotopic (exact) mass is 424 g/mol. The van der Waals surface area contributed by atoms with Crippen LogP contribution in [0.25, 0.3) is 22.3 Å². The van der Waals surface area contributed by atoms with Crippen LogP contribution in [0.2, 0.25) is 0 Å². The van der Waals surface area contributed by atoms with Crippen LogP contribution in [-0.2, 0) is 32.1 Å². The zero-order valence-electron chi connectivity index (χ0n) is 21.2. The molecule has 0 N–H and O–H groups in total. The molecule has 0 saturated heterocycles. The van der Waals surface area contributed by atoms with E-state index in [-0.39, 0.29) is 0 Å². The third-order valence-corrected chi connectivity index (χ3v) is 7.97. The fourth-order valence-electron chi connectivity index (χ4n) is 5.92. The first kappa shape index (κ1) is 22.8. The molecule has 0 aromatic heterocycles. The Balaban J connectivity index is 2.06. The van der Waals surface area contributed by atoms with E-state index in [1.54, 1.807) is 11.1 Å². The first-order valence-corrected chi connectivity index (χ1v) is 12.9. The smallest absolute Gasteiger partial charge is 0.0112 e. The van der Waals surface area contributed by atoms with E-state index < -0.39 is 0 Å². The van der Waals surface area contributed by atoms with Crippen molar-refractivity contribution in [1.82, 2.24) is 0 Å². The first-order chi connectivity index (χ1) is 15.5. The summed E-state index contributed by atoms with van der Waals surface area (Å²) in [6.07, 6.45) is 5.47. The molecule has 0 bridgehead atoms. The molecule has 3 aromatic carbocycles. The van der Waals surface area contributed by atoms with Crippen molar-refractivity contribution in [2.45, 2.75) is 92.4 Å². The largest absolute Gasteiger partial charge is 0.0613 e. The van der Waals surface area contributed by atoms with Gasteiger partial charge in [0.1, 0.15) is 0 Å². The van der Waals surface area contributed by atoms with Crippen molar-refractivity contribution in [2.75, 3.05) is 0 Å². The Hall–Kier alpha value is -2.34. The second-order valence-corrected chi connectivity index (χ2v) is 9.62. The quantitative estimate of drug-likeness (QED) is 0.370. The van der Waals surface area contributed by atoms with Crippen LogP contribution in [0.3, 0.4) is 0 Å². The Morgan fingerprint density at radius 1 is 0.562 bits per heavy atom. The lowest BCUT2D eigenvalue weighted by atomic mass is 9.68. The van der Waals surface area contributed by atoms with Gasteiger partial charge in [-0.15, -0.1) is 0 Å². The third-order valence-electron chi connectivity index (χ3n) is 7.97. The van der Waals surface area contributed by atoms with Gasteiger partial charge >= 0.3 is 0 Å². The average Bonchev–Trinajstić information content (AvgIpc) is 2.84. The van der Waals surface area contributed by atoms with E-state index >= 15 is 0 Å². The van der Waals surface area contributed by atoms with Crippen LogP contribution in [0.5, 0.6) is 0 Å². The second kappa shape index (κ2) is 9.26. The maximum Gasteiger partial charge on any atom is -0.0112 e. The van der Waals surface area contributed by atoms with Crippen LogP contribution < -0.4 is 0 Å². The summed E-state index contributed by atoms with van der Waals surface area (Å²) in [5.74, 6) is 1.03. The highest BCUT2D eigenvalue weighted by Crippen LogP contribution is 2.52. The number of fused-ring (bicyclic) bond motifs is 3. The Bertz CT molecular complexity index is 1110. The maximum absolute atomic E-state index is 2.50. The van der Waals surface area contributed by atoms with Gasteiger partial charge in [-0.05, 0) is 105 Å². The molecule has 2 unspecified atom stereocenters. The fourth-order valence-corrected chi connectivity index (χ4v) is 5.92. The predicted molar refractivity (Wildman–Crippen MR) is 141 cm³/mol. The molecule has 3 aromatic rings. The summed E-state index contributed by atoms with van der Waals surface area (Å²) in [6.45, 7) is 16.4. The molecule has 0 aliphatic heterocycles. The SMILES string of the molecule is CCc1cc(CC)c(-c2cccc3c2C(C)C(C)c2cc(CC)cc(CC)c2-3)c(CC)c1. The highest BCUT2D eigenvalue weighted by atomic mass is 14.4. The Morgan fingerprint density at radius 3 is 1.53 bits per heavy atom. The molecule has 0 heterocycles. The van der Waals surface area contributed by atoms with Crippen molar-refractivity contribution in [2.24, 2.45) is 0 Å². The molecule has 0 radical (unpaired) electrons. The van der Waals surface area contributed by atoms with Crippen LogP contribution in [0.15, 0.2) is 42.5 Å². The van der Waals surface area contributed by atoms with Crippen molar-refractivity contribution in [3.63, 3.8) is 0 Å². The molecule has 0 nitrogen and oxygen atoms in total. The van der Waals surface area contributed by atoms with Gasteiger partial charge in [-0.25, -0.2) is 0 Å². The Kier molecular flexibility index (Phi) is 6.61. The zero-order valence-corrected chi connectivity index (χ0v) is 21.2. The van der Waals surface area contributed by atoms with E-state index in [4.69, 9.17) is 0 Å². The van der Waals surface area contributed by atoms with Gasteiger partial charge in [0.15, 0.2) is 0 Å². The summed E-state index contributed by atoms with van der Waals surface area (Å²) in [4.78, 5) is 0. The maximum atomic E-state index is 2.50. The fraction of sp³-hybridized carbons (Fsp3) is 0.438. The molecule has 0 amide bonds. The molecule has 0 saturated carbocycles. The molecule has 0 spiro atoms. The topological polar surface area (TPSA) is 0 Å². The minimum Gasteiger partial charge on any atom is -0.0613 e. The molecular weight excluding hydrogens is 384 g/mol. The molecule has 32 heavy (non-hydrogen) atoms. The van der Waals surface area contributed by atoms with E-state index in [0.29, 0.717) is 11.8 Å². The van der Waals surface area contributed by atoms with E-state index in [2.05, 4.69) is 90.9 Å². The summed E-state index contributed by atoms with van der Waals surface area (Å²) in [6, 6.07) is 17.0. The van der Waals surface area contributed by atoms with Crippen LogP contribution in [0, 0.1) is 0 Å². The van der Waals surface area contributed by atoms with Gasteiger partial charge < -0.3 is 0 Å². The summed E-state index contributed by atoms with van der Waals surface area (Å²) >= 11 is 0. The van der Waals surface area contributed by atoms with Crippen molar-refractivity contribution in [3.8, 4) is 22.3 Å². The zero-order chi connectivity index (χ0) is 23.0. The number of hydrogen-bond acceptors (Lipinski definition) is 0. The van der Waals surface area contributed by atoms with Crippen molar-refractivity contribution < 1.29 is 0 Å². The van der Waals surface area contributed by atoms with E-state index in [1.165, 1.54) is 50.1 Å². The summed E-state index contributed by atoms with van der Waals surface area (Å²) < 4.78 is 0. The second-order valence-electron chi connectivity index (χ2n) is 9.62. The molecule has 0 fully saturated rings. The predicted octanol–water partition coefficient (Wildman–Crippen LogP) is 9.05. The molecule has 0 heteroatoms. The standard InChI is InChI=1S/C32H40/c1-8-22-16-24(10-3)31(25(11-4)17-22)27-14-13-15-28-30(27)21(7)20(6)29-19-23(9-2)18-26(12-5)32(28)29/h13-21H,8-12H2,1-7H3. The van der Waals surface area contributed by atoms with Crippen molar-refractivity contribution in [1.29, 1.82) is 0 Å². The van der Waals surface area contributed by atoms with Gasteiger partial charge in [-0.2, -0.15) is 0 Å².